The maximum absolute atomic E-state index is 12.2. The predicted molar refractivity (Wildman–Crippen MR) is 83.3 cm³/mol. The van der Waals surface area contributed by atoms with Gasteiger partial charge in [-0.2, -0.15) is 0 Å². The maximum Gasteiger partial charge on any atom is 0.408 e. The van der Waals surface area contributed by atoms with Gasteiger partial charge in [-0.1, -0.05) is 13.8 Å². The lowest BCUT2D eigenvalue weighted by Crippen LogP contribution is -2.56. The topological polar surface area (TPSA) is 106 Å². The summed E-state index contributed by atoms with van der Waals surface area (Å²) in [6.07, 6.45) is 0.232. The van der Waals surface area contributed by atoms with Gasteiger partial charge >= 0.3 is 6.09 Å². The number of amides is 3. The van der Waals surface area contributed by atoms with Gasteiger partial charge in [0.1, 0.15) is 17.7 Å². The smallest absolute Gasteiger partial charge is 0.408 e. The zero-order valence-electron chi connectivity index (χ0n) is 14.4. The third kappa shape index (κ3) is 6.85. The van der Waals surface area contributed by atoms with Crippen LogP contribution in [0.4, 0.5) is 4.79 Å². The van der Waals surface area contributed by atoms with Crippen molar-refractivity contribution in [1.29, 1.82) is 0 Å². The van der Waals surface area contributed by atoms with Crippen LogP contribution < -0.4 is 16.2 Å². The average Bonchev–Trinajstić information content (AvgIpc) is 2.93. The second-order valence-corrected chi connectivity index (χ2v) is 6.85. The van der Waals surface area contributed by atoms with Gasteiger partial charge in [-0.25, -0.2) is 4.79 Å². The van der Waals surface area contributed by atoms with Crippen LogP contribution in [-0.4, -0.2) is 42.3 Å². The molecule has 0 aliphatic carbocycles. The van der Waals surface area contributed by atoms with E-state index in [1.807, 2.05) is 0 Å². The summed E-state index contributed by atoms with van der Waals surface area (Å²) < 4.78 is 10.4. The summed E-state index contributed by atoms with van der Waals surface area (Å²) in [7, 11) is 0. The van der Waals surface area contributed by atoms with Crippen molar-refractivity contribution in [3.63, 3.8) is 0 Å². The molecule has 8 nitrogen and oxygen atoms in total. The molecular formula is C15H27N3O5. The van der Waals surface area contributed by atoms with Gasteiger partial charge in [0.05, 0.1) is 0 Å². The van der Waals surface area contributed by atoms with Crippen LogP contribution in [0.2, 0.25) is 0 Å². The normalized spacial score (nSPS) is 19.1. The Morgan fingerprint density at radius 1 is 1.17 bits per heavy atom. The molecule has 3 N–H and O–H groups in total. The molecular weight excluding hydrogens is 302 g/mol. The number of carbonyl (C=O) groups excluding carboxylic acids is 3. The molecule has 0 aromatic carbocycles. The average molecular weight is 329 g/mol. The van der Waals surface area contributed by atoms with Gasteiger partial charge in [-0.15, -0.1) is 0 Å². The first kappa shape index (κ1) is 19.2. The first-order chi connectivity index (χ1) is 10.6. The van der Waals surface area contributed by atoms with Crippen LogP contribution in [0.25, 0.3) is 0 Å². The molecule has 1 saturated heterocycles. The van der Waals surface area contributed by atoms with E-state index >= 15 is 0 Å². The first-order valence-corrected chi connectivity index (χ1v) is 7.81. The molecule has 0 radical (unpaired) electrons. The monoisotopic (exact) mass is 329 g/mol. The molecule has 8 heteroatoms. The number of nitrogens with one attached hydrogen (secondary N) is 3. The van der Waals surface area contributed by atoms with Gasteiger partial charge in [-0.05, 0) is 39.5 Å². The minimum Gasteiger partial charge on any atom is -0.444 e. The highest BCUT2D eigenvalue weighted by molar-refractivity contribution is 5.89. The van der Waals surface area contributed by atoms with E-state index in [0.717, 1.165) is 6.42 Å². The van der Waals surface area contributed by atoms with Gasteiger partial charge in [0.2, 0.25) is 0 Å². The predicted octanol–water partition coefficient (Wildman–Crippen LogP) is 0.862. The highest BCUT2D eigenvalue weighted by atomic mass is 16.6. The second-order valence-electron chi connectivity index (χ2n) is 6.85. The van der Waals surface area contributed by atoms with Gasteiger partial charge < -0.3 is 14.8 Å². The lowest BCUT2D eigenvalue weighted by Gasteiger charge is -2.25. The van der Waals surface area contributed by atoms with Gasteiger partial charge in [-0.3, -0.25) is 20.4 Å². The Kier molecular flexibility index (Phi) is 6.80. The third-order valence-corrected chi connectivity index (χ3v) is 3.15. The standard InChI is InChI=1S/C15H27N3O5/c1-9(2)11(16-14(21)23-15(3,4)5)13(20)18-17-12(19)10-7-6-8-22-10/h9-11H,6-8H2,1-5H3,(H,16,21)(H,17,19)(H,18,20)/t10-,11-/m1/s1. The highest BCUT2D eigenvalue weighted by Crippen LogP contribution is 2.11. The van der Waals surface area contributed by atoms with E-state index in [0.29, 0.717) is 13.0 Å². The van der Waals surface area contributed by atoms with E-state index in [1.165, 1.54) is 0 Å². The molecule has 23 heavy (non-hydrogen) atoms. The number of alkyl carbamates (subject to hydrolysis) is 1. The fourth-order valence-corrected chi connectivity index (χ4v) is 2.04. The molecule has 0 aromatic heterocycles. The van der Waals surface area contributed by atoms with E-state index in [4.69, 9.17) is 9.47 Å². The van der Waals surface area contributed by atoms with Crippen LogP contribution in [0.3, 0.4) is 0 Å². The molecule has 3 amide bonds. The van der Waals surface area contributed by atoms with Crippen molar-refractivity contribution in [2.45, 2.75) is 65.2 Å². The number of ether oxygens (including phenoxy) is 2. The third-order valence-electron chi connectivity index (χ3n) is 3.15. The molecule has 1 heterocycles. The Labute approximate surface area is 136 Å². The molecule has 0 aromatic rings. The Balaban J connectivity index is 2.50. The van der Waals surface area contributed by atoms with Crippen molar-refractivity contribution in [1.82, 2.24) is 16.2 Å². The number of rotatable bonds is 4. The largest absolute Gasteiger partial charge is 0.444 e. The SMILES string of the molecule is CC(C)[C@@H](NC(=O)OC(C)(C)C)C(=O)NNC(=O)[C@H]1CCCO1. The zero-order valence-corrected chi connectivity index (χ0v) is 14.4. The quantitative estimate of drug-likeness (QED) is 0.663. The maximum atomic E-state index is 12.2. The van der Waals surface area contributed by atoms with Crippen molar-refractivity contribution >= 4 is 17.9 Å². The summed E-state index contributed by atoms with van der Waals surface area (Å²) >= 11 is 0. The summed E-state index contributed by atoms with van der Waals surface area (Å²) in [5, 5.41) is 2.51. The molecule has 0 saturated carbocycles. The summed E-state index contributed by atoms with van der Waals surface area (Å²) in [6, 6.07) is -0.824. The van der Waals surface area contributed by atoms with Crippen LogP contribution in [-0.2, 0) is 19.1 Å². The summed E-state index contributed by atoms with van der Waals surface area (Å²) in [5.74, 6) is -1.09. The highest BCUT2D eigenvalue weighted by Gasteiger charge is 2.28. The molecule has 0 bridgehead atoms. The lowest BCUT2D eigenvalue weighted by molar-refractivity contribution is -0.135. The van der Waals surface area contributed by atoms with Crippen molar-refractivity contribution in [3.05, 3.63) is 0 Å². The van der Waals surface area contributed by atoms with E-state index < -0.39 is 35.7 Å². The molecule has 1 rings (SSSR count). The molecule has 1 aliphatic heterocycles. The van der Waals surface area contributed by atoms with E-state index in [2.05, 4.69) is 16.2 Å². The Hall–Kier alpha value is -1.83. The molecule has 0 spiro atoms. The fraction of sp³-hybridized carbons (Fsp3) is 0.800. The van der Waals surface area contributed by atoms with E-state index in [-0.39, 0.29) is 5.92 Å². The number of hydrazine groups is 1. The minimum atomic E-state index is -0.824. The van der Waals surface area contributed by atoms with Crippen LogP contribution in [0.5, 0.6) is 0 Å². The fourth-order valence-electron chi connectivity index (χ4n) is 2.04. The van der Waals surface area contributed by atoms with Crippen molar-refractivity contribution in [2.75, 3.05) is 6.61 Å². The van der Waals surface area contributed by atoms with Crippen LogP contribution >= 0.6 is 0 Å². The van der Waals surface area contributed by atoms with E-state index in [9.17, 15) is 14.4 Å². The minimum absolute atomic E-state index is 0.179. The van der Waals surface area contributed by atoms with Gasteiger partial charge in [0.15, 0.2) is 0 Å². The second kappa shape index (κ2) is 8.14. The van der Waals surface area contributed by atoms with Crippen LogP contribution in [0.15, 0.2) is 0 Å². The summed E-state index contributed by atoms with van der Waals surface area (Å²) in [4.78, 5) is 35.8. The number of hydrogen-bond donors (Lipinski definition) is 3. The van der Waals surface area contributed by atoms with Gasteiger partial charge in [0.25, 0.3) is 11.8 Å². The Morgan fingerprint density at radius 2 is 1.83 bits per heavy atom. The van der Waals surface area contributed by atoms with Crippen LogP contribution in [0, 0.1) is 5.92 Å². The summed E-state index contributed by atoms with van der Waals surface area (Å²) in [5.41, 5.74) is 3.99. The number of hydrogen-bond acceptors (Lipinski definition) is 5. The zero-order chi connectivity index (χ0) is 17.6. The van der Waals surface area contributed by atoms with Crippen molar-refractivity contribution in [3.8, 4) is 0 Å². The molecule has 2 atom stereocenters. The molecule has 132 valence electrons. The Morgan fingerprint density at radius 3 is 2.30 bits per heavy atom. The summed E-state index contributed by atoms with van der Waals surface area (Å²) in [6.45, 7) is 9.31. The molecule has 1 aliphatic rings. The van der Waals surface area contributed by atoms with Gasteiger partial charge in [0, 0.05) is 6.61 Å². The Bertz CT molecular complexity index is 439. The van der Waals surface area contributed by atoms with Crippen LogP contribution in [0.1, 0.15) is 47.5 Å². The van der Waals surface area contributed by atoms with Crippen molar-refractivity contribution < 1.29 is 23.9 Å². The van der Waals surface area contributed by atoms with E-state index in [1.54, 1.807) is 34.6 Å². The lowest BCUT2D eigenvalue weighted by atomic mass is 10.0. The first-order valence-electron chi connectivity index (χ1n) is 7.81. The van der Waals surface area contributed by atoms with Crippen molar-refractivity contribution in [2.24, 2.45) is 5.92 Å². The number of carbonyl (C=O) groups is 3. The molecule has 0 unspecified atom stereocenters. The molecule has 1 fully saturated rings.